The molecule has 0 bridgehead atoms. The molecule has 0 saturated carbocycles. The van der Waals surface area contributed by atoms with Gasteiger partial charge in [-0.15, -0.1) is 0 Å². The van der Waals surface area contributed by atoms with E-state index in [1.54, 1.807) is 19.4 Å². The summed E-state index contributed by atoms with van der Waals surface area (Å²) in [6, 6.07) is 6.07. The third-order valence-electron chi connectivity index (χ3n) is 7.47. The third-order valence-corrected chi connectivity index (χ3v) is 12.0. The number of aromatic carboxylic acids is 1. The molecule has 2 unspecified atom stereocenters. The lowest BCUT2D eigenvalue weighted by Crippen LogP contribution is -2.44. The average molecular weight is 515 g/mol. The molecule has 0 aliphatic carbocycles. The van der Waals surface area contributed by atoms with Crippen molar-refractivity contribution < 1.29 is 23.5 Å². The number of benzene rings is 1. The van der Waals surface area contributed by atoms with E-state index < -0.39 is 14.3 Å². The first-order valence-corrected chi connectivity index (χ1v) is 15.2. The highest BCUT2D eigenvalue weighted by Gasteiger charge is 2.44. The molecular formula is C26H35FN4O4Si. The molecule has 10 heteroatoms. The van der Waals surface area contributed by atoms with Gasteiger partial charge in [0.05, 0.1) is 24.9 Å². The van der Waals surface area contributed by atoms with Crippen molar-refractivity contribution in [2.24, 2.45) is 0 Å². The molecule has 8 nitrogen and oxygen atoms in total. The monoisotopic (exact) mass is 514 g/mol. The number of carboxylic acids is 1. The SMILES string of the molecule is CCc1nn2ccc(N3CC(O[Si](C)(C)C(C)(C)C)CC3c3cc(F)ccc3OC)nc2c1C(=O)O. The van der Waals surface area contributed by atoms with Crippen LogP contribution in [-0.2, 0) is 10.8 Å². The van der Waals surface area contributed by atoms with Gasteiger partial charge < -0.3 is 19.2 Å². The van der Waals surface area contributed by atoms with Crippen molar-refractivity contribution in [2.75, 3.05) is 18.6 Å². The maximum Gasteiger partial charge on any atom is 0.341 e. The maximum atomic E-state index is 14.4. The van der Waals surface area contributed by atoms with Gasteiger partial charge in [-0.1, -0.05) is 27.7 Å². The Kier molecular flexibility index (Phi) is 6.87. The van der Waals surface area contributed by atoms with Gasteiger partial charge in [-0.3, -0.25) is 0 Å². The Morgan fingerprint density at radius 2 is 2.00 bits per heavy atom. The summed E-state index contributed by atoms with van der Waals surface area (Å²) in [5.41, 5.74) is 1.58. The Hall–Kier alpha value is -2.98. The number of ether oxygens (including phenoxy) is 1. The van der Waals surface area contributed by atoms with Crippen LogP contribution < -0.4 is 9.64 Å². The Balaban J connectivity index is 1.81. The summed E-state index contributed by atoms with van der Waals surface area (Å²) in [7, 11) is -0.506. The fourth-order valence-corrected chi connectivity index (χ4v) is 5.94. The lowest BCUT2D eigenvalue weighted by Gasteiger charge is -2.38. The first-order valence-electron chi connectivity index (χ1n) is 12.3. The van der Waals surface area contributed by atoms with Crippen molar-refractivity contribution in [2.45, 2.75) is 70.8 Å². The second-order valence-electron chi connectivity index (χ2n) is 10.8. The average Bonchev–Trinajstić information content (AvgIpc) is 3.38. The van der Waals surface area contributed by atoms with Gasteiger partial charge in [0.15, 0.2) is 14.0 Å². The second kappa shape index (κ2) is 9.47. The Labute approximate surface area is 212 Å². The van der Waals surface area contributed by atoms with Crippen LogP contribution in [0.2, 0.25) is 18.1 Å². The zero-order valence-corrected chi connectivity index (χ0v) is 23.0. The summed E-state index contributed by atoms with van der Waals surface area (Å²) in [5, 5.41) is 14.3. The minimum Gasteiger partial charge on any atom is -0.496 e. The van der Waals surface area contributed by atoms with Gasteiger partial charge in [0.25, 0.3) is 0 Å². The van der Waals surface area contributed by atoms with E-state index in [2.05, 4.69) is 43.9 Å². The Morgan fingerprint density at radius 3 is 2.61 bits per heavy atom. The van der Waals surface area contributed by atoms with Crippen LogP contribution in [-0.4, -0.2) is 53.7 Å². The normalized spacial score (nSPS) is 18.7. The number of anilines is 1. The van der Waals surface area contributed by atoms with E-state index in [0.29, 0.717) is 42.2 Å². The largest absolute Gasteiger partial charge is 0.496 e. The van der Waals surface area contributed by atoms with Crippen LogP contribution in [0.25, 0.3) is 5.65 Å². The molecule has 1 aliphatic rings. The Bertz CT molecular complexity index is 1290. The van der Waals surface area contributed by atoms with Crippen molar-refractivity contribution in [3.05, 3.63) is 53.1 Å². The number of carbonyl (C=O) groups is 1. The predicted octanol–water partition coefficient (Wildman–Crippen LogP) is 5.48. The highest BCUT2D eigenvalue weighted by atomic mass is 28.4. The topological polar surface area (TPSA) is 89.2 Å². The number of carboxylic acid groups (broad SMARTS) is 1. The van der Waals surface area contributed by atoms with Crippen molar-refractivity contribution in [1.29, 1.82) is 0 Å². The summed E-state index contributed by atoms with van der Waals surface area (Å²) in [6.07, 6.45) is 2.74. The molecule has 3 heterocycles. The van der Waals surface area contributed by atoms with E-state index >= 15 is 0 Å². The van der Waals surface area contributed by atoms with Crippen LogP contribution in [0.15, 0.2) is 30.5 Å². The third kappa shape index (κ3) is 4.71. The molecule has 0 spiro atoms. The molecular weight excluding hydrogens is 479 g/mol. The number of fused-ring (bicyclic) bond motifs is 1. The number of nitrogens with zero attached hydrogens (tertiary/aromatic N) is 4. The minimum absolute atomic E-state index is 0.0359. The van der Waals surface area contributed by atoms with E-state index in [9.17, 15) is 14.3 Å². The molecule has 1 fully saturated rings. The molecule has 0 amide bonds. The quantitative estimate of drug-likeness (QED) is 0.418. The molecule has 1 aromatic carbocycles. The number of methoxy groups -OCH3 is 1. The zero-order valence-electron chi connectivity index (χ0n) is 22.0. The van der Waals surface area contributed by atoms with Crippen LogP contribution in [0.5, 0.6) is 5.75 Å². The van der Waals surface area contributed by atoms with Gasteiger partial charge in [0, 0.05) is 18.3 Å². The maximum absolute atomic E-state index is 14.4. The molecule has 1 saturated heterocycles. The van der Waals surface area contributed by atoms with E-state index in [-0.39, 0.29) is 34.2 Å². The van der Waals surface area contributed by atoms with E-state index in [0.717, 1.165) is 0 Å². The molecule has 36 heavy (non-hydrogen) atoms. The van der Waals surface area contributed by atoms with Gasteiger partial charge in [-0.25, -0.2) is 18.7 Å². The summed E-state index contributed by atoms with van der Waals surface area (Å²) >= 11 is 0. The van der Waals surface area contributed by atoms with Crippen molar-refractivity contribution in [1.82, 2.24) is 14.6 Å². The molecule has 1 aliphatic heterocycles. The van der Waals surface area contributed by atoms with Gasteiger partial charge in [0.1, 0.15) is 22.9 Å². The predicted molar refractivity (Wildman–Crippen MR) is 139 cm³/mol. The molecule has 4 rings (SSSR count). The van der Waals surface area contributed by atoms with Crippen LogP contribution in [0.1, 0.15) is 61.8 Å². The number of aryl methyl sites for hydroxylation is 1. The molecule has 1 N–H and O–H groups in total. The smallest absolute Gasteiger partial charge is 0.341 e. The zero-order chi connectivity index (χ0) is 26.4. The van der Waals surface area contributed by atoms with Gasteiger partial charge in [-0.05, 0) is 55.2 Å². The fraction of sp³-hybridized carbons (Fsp3) is 0.500. The molecule has 0 radical (unpaired) electrons. The van der Waals surface area contributed by atoms with Crippen molar-refractivity contribution >= 4 is 25.8 Å². The standard InChI is InChI=1S/C26H35FN4O4Si/c1-8-19-23(25(32)33)24-28-22(11-12-31(24)29-19)30-15-17(35-36(6,7)26(2,3)4)14-20(30)18-13-16(27)9-10-21(18)34-5/h9-13,17,20H,8,14-15H2,1-7H3,(H,32,33). The van der Waals surface area contributed by atoms with Crippen molar-refractivity contribution in [3.63, 3.8) is 0 Å². The highest BCUT2D eigenvalue weighted by molar-refractivity contribution is 6.74. The minimum atomic E-state index is -2.08. The summed E-state index contributed by atoms with van der Waals surface area (Å²) in [6.45, 7) is 13.4. The summed E-state index contributed by atoms with van der Waals surface area (Å²) in [5.74, 6) is -0.232. The fourth-order valence-electron chi connectivity index (χ4n) is 4.58. The lowest BCUT2D eigenvalue weighted by molar-refractivity contribution is 0.0697. The molecule has 194 valence electrons. The first-order chi connectivity index (χ1) is 16.9. The van der Waals surface area contributed by atoms with E-state index in [1.165, 1.54) is 16.6 Å². The van der Waals surface area contributed by atoms with Crippen LogP contribution >= 0.6 is 0 Å². The van der Waals surface area contributed by atoms with E-state index in [1.807, 2.05) is 13.0 Å². The molecule has 2 aromatic heterocycles. The number of halogens is 1. The second-order valence-corrected chi connectivity index (χ2v) is 15.6. The summed E-state index contributed by atoms with van der Waals surface area (Å²) < 4.78 is 28.2. The lowest BCUT2D eigenvalue weighted by atomic mass is 10.0. The number of hydrogen-bond donors (Lipinski definition) is 1. The first kappa shape index (κ1) is 26.1. The van der Waals surface area contributed by atoms with E-state index in [4.69, 9.17) is 14.1 Å². The van der Waals surface area contributed by atoms with Crippen LogP contribution in [0, 0.1) is 5.82 Å². The van der Waals surface area contributed by atoms with Crippen molar-refractivity contribution in [3.8, 4) is 5.75 Å². The molecule has 3 aromatic rings. The number of hydrogen-bond acceptors (Lipinski definition) is 6. The molecule has 2 atom stereocenters. The van der Waals surface area contributed by atoms with Crippen LogP contribution in [0.4, 0.5) is 10.2 Å². The van der Waals surface area contributed by atoms with Gasteiger partial charge in [0.2, 0.25) is 0 Å². The van der Waals surface area contributed by atoms with Gasteiger partial charge >= 0.3 is 5.97 Å². The Morgan fingerprint density at radius 1 is 1.28 bits per heavy atom. The van der Waals surface area contributed by atoms with Gasteiger partial charge in [-0.2, -0.15) is 5.10 Å². The number of rotatable bonds is 7. The number of aromatic nitrogens is 3. The van der Waals surface area contributed by atoms with Crippen LogP contribution in [0.3, 0.4) is 0 Å². The summed E-state index contributed by atoms with van der Waals surface area (Å²) in [4.78, 5) is 18.8. The highest BCUT2D eigenvalue weighted by Crippen LogP contribution is 2.44.